The molecule has 0 aliphatic rings. The highest BCUT2D eigenvalue weighted by Crippen LogP contribution is 2.30. The predicted molar refractivity (Wildman–Crippen MR) is 137 cm³/mol. The number of aromatic nitrogens is 2. The second-order valence-electron chi connectivity index (χ2n) is 8.56. The Morgan fingerprint density at radius 2 is 1.65 bits per heavy atom. The number of hydrogen-bond acceptors (Lipinski definition) is 5. The third-order valence-corrected chi connectivity index (χ3v) is 7.38. The number of hydrogen-bond donors (Lipinski definition) is 3. The number of sulfonamides is 1. The second kappa shape index (κ2) is 9.93. The van der Waals surface area contributed by atoms with E-state index < -0.39 is 61.1 Å². The maximum atomic E-state index is 15.4. The van der Waals surface area contributed by atoms with E-state index in [1.165, 1.54) is 30.6 Å². The van der Waals surface area contributed by atoms with Gasteiger partial charge in [-0.05, 0) is 54.1 Å². The van der Waals surface area contributed by atoms with Crippen molar-refractivity contribution in [2.75, 3.05) is 4.72 Å². The molecule has 0 unspecified atom stereocenters. The summed E-state index contributed by atoms with van der Waals surface area (Å²) < 4.78 is 84.8. The second-order valence-corrected chi connectivity index (χ2v) is 10.2. The van der Waals surface area contributed by atoms with Crippen LogP contribution < -0.4 is 10.5 Å². The van der Waals surface area contributed by atoms with Crippen LogP contribution in [-0.2, 0) is 10.0 Å². The molecule has 8 nitrogen and oxygen atoms in total. The average Bonchev–Trinajstić information content (AvgIpc) is 3.35. The predicted octanol–water partition coefficient (Wildman–Crippen LogP) is 4.92. The molecule has 0 radical (unpaired) electrons. The van der Waals surface area contributed by atoms with Crippen molar-refractivity contribution in [1.82, 2.24) is 9.97 Å². The zero-order valence-electron chi connectivity index (χ0n) is 20.0. The highest BCUT2D eigenvalue weighted by atomic mass is 32.2. The molecule has 0 aliphatic heterocycles. The lowest BCUT2D eigenvalue weighted by molar-refractivity contribution is 0.0998. The Bertz CT molecular complexity index is 1960. The normalized spacial score (nSPS) is 11.5. The third-order valence-electron chi connectivity index (χ3n) is 6.00. The first-order valence-corrected chi connectivity index (χ1v) is 12.8. The van der Waals surface area contributed by atoms with E-state index in [1.807, 2.05) is 0 Å². The molecular weight excluding hydrogens is 552 g/mol. The van der Waals surface area contributed by atoms with E-state index in [9.17, 15) is 31.2 Å². The van der Waals surface area contributed by atoms with Crippen LogP contribution in [0.4, 0.5) is 23.2 Å². The van der Waals surface area contributed by atoms with Crippen LogP contribution in [0.3, 0.4) is 0 Å². The Morgan fingerprint density at radius 1 is 0.900 bits per heavy atom. The monoisotopic (exact) mass is 568 g/mol. The number of nitrogens with one attached hydrogen (secondary N) is 2. The van der Waals surface area contributed by atoms with Gasteiger partial charge in [-0.1, -0.05) is 12.1 Å². The van der Waals surface area contributed by atoms with E-state index >= 15 is 4.39 Å². The van der Waals surface area contributed by atoms with Gasteiger partial charge in [-0.15, -0.1) is 0 Å². The van der Waals surface area contributed by atoms with E-state index in [0.29, 0.717) is 41.5 Å². The maximum Gasteiger partial charge on any atom is 0.265 e. The summed E-state index contributed by atoms with van der Waals surface area (Å²) in [5, 5.41) is 0.179. The van der Waals surface area contributed by atoms with E-state index in [4.69, 9.17) is 5.73 Å². The summed E-state index contributed by atoms with van der Waals surface area (Å²) >= 11 is 0. The molecule has 0 saturated heterocycles. The molecule has 40 heavy (non-hydrogen) atoms. The molecule has 202 valence electrons. The number of amides is 1. The molecule has 0 saturated carbocycles. The van der Waals surface area contributed by atoms with Gasteiger partial charge in [-0.3, -0.25) is 14.3 Å². The number of ketones is 1. The number of nitrogens with zero attached hydrogens (tertiary/aromatic N) is 1. The lowest BCUT2D eigenvalue weighted by Crippen LogP contribution is -2.17. The molecule has 5 rings (SSSR count). The largest absolute Gasteiger partial charge is 0.366 e. The molecule has 0 bridgehead atoms. The molecular formula is C27H16F4N4O4S. The number of aromatic amines is 1. The van der Waals surface area contributed by atoms with Crippen molar-refractivity contribution in [3.8, 4) is 11.1 Å². The van der Waals surface area contributed by atoms with E-state index in [1.54, 1.807) is 16.9 Å². The van der Waals surface area contributed by atoms with Crippen molar-refractivity contribution >= 4 is 38.4 Å². The van der Waals surface area contributed by atoms with Crippen molar-refractivity contribution in [3.63, 3.8) is 0 Å². The standard InChI is InChI=1S/C27H16F4N4O4S/c28-16-4-5-19(29)22(10-16)40(38,39)35-21-7-6-20(30)23(24(21)31)25(36)18-12-34-27-17(18)9-15(11-33-27)13-2-1-3-14(8-13)26(32)37/h1-12,35H,(H2,32,37)(H,33,34). The fraction of sp³-hybridized carbons (Fsp3) is 0. The van der Waals surface area contributed by atoms with Gasteiger partial charge in [0.15, 0.2) is 5.82 Å². The van der Waals surface area contributed by atoms with Crippen molar-refractivity contribution < 1.29 is 35.6 Å². The van der Waals surface area contributed by atoms with Crippen LogP contribution in [-0.4, -0.2) is 30.1 Å². The number of anilines is 1. The summed E-state index contributed by atoms with van der Waals surface area (Å²) in [6.45, 7) is 0. The number of benzene rings is 3. The van der Waals surface area contributed by atoms with Gasteiger partial charge in [-0.25, -0.2) is 31.0 Å². The van der Waals surface area contributed by atoms with Crippen molar-refractivity contribution in [1.29, 1.82) is 0 Å². The number of pyridine rings is 1. The Labute approximate surface area is 223 Å². The van der Waals surface area contributed by atoms with E-state index in [-0.39, 0.29) is 22.2 Å². The molecule has 0 fully saturated rings. The van der Waals surface area contributed by atoms with Crippen LogP contribution in [0.2, 0.25) is 0 Å². The number of H-pyrrole nitrogens is 1. The highest BCUT2D eigenvalue weighted by Gasteiger charge is 2.27. The number of primary amides is 1. The summed E-state index contributed by atoms with van der Waals surface area (Å²) in [6, 6.07) is 10.8. The number of carbonyl (C=O) groups is 2. The summed E-state index contributed by atoms with van der Waals surface area (Å²) in [4.78, 5) is 30.8. The molecule has 13 heteroatoms. The first-order chi connectivity index (χ1) is 19.0. The van der Waals surface area contributed by atoms with Gasteiger partial charge in [-0.2, -0.15) is 0 Å². The Hall–Kier alpha value is -5.04. The molecule has 0 aliphatic carbocycles. The van der Waals surface area contributed by atoms with E-state index in [2.05, 4.69) is 9.97 Å². The van der Waals surface area contributed by atoms with Crippen LogP contribution >= 0.6 is 0 Å². The first-order valence-electron chi connectivity index (χ1n) is 11.3. The topological polar surface area (TPSA) is 135 Å². The lowest BCUT2D eigenvalue weighted by Gasteiger charge is -2.12. The van der Waals surface area contributed by atoms with Crippen molar-refractivity contribution in [2.45, 2.75) is 4.90 Å². The minimum Gasteiger partial charge on any atom is -0.366 e. The van der Waals surface area contributed by atoms with Crippen molar-refractivity contribution in [2.24, 2.45) is 5.73 Å². The number of rotatable bonds is 7. The molecule has 3 aromatic carbocycles. The number of fused-ring (bicyclic) bond motifs is 1. The summed E-state index contributed by atoms with van der Waals surface area (Å²) in [5.74, 6) is -7.05. The number of carbonyl (C=O) groups excluding carboxylic acids is 2. The lowest BCUT2D eigenvalue weighted by atomic mass is 9.99. The maximum absolute atomic E-state index is 15.4. The van der Waals surface area contributed by atoms with Crippen molar-refractivity contribution in [3.05, 3.63) is 113 Å². The molecule has 5 aromatic rings. The van der Waals surface area contributed by atoms with Crippen LogP contribution in [0.25, 0.3) is 22.2 Å². The molecule has 0 spiro atoms. The molecule has 2 aromatic heterocycles. The minimum atomic E-state index is -4.87. The van der Waals surface area contributed by atoms with Crippen LogP contribution in [0, 0.1) is 23.3 Å². The SMILES string of the molecule is NC(=O)c1cccc(-c2cnc3[nH]cc(C(=O)c4c(F)ccc(NS(=O)(=O)c5cc(F)ccc5F)c4F)c3c2)c1. The van der Waals surface area contributed by atoms with Gasteiger partial charge >= 0.3 is 0 Å². The Balaban J connectivity index is 1.56. The molecule has 4 N–H and O–H groups in total. The summed E-state index contributed by atoms with van der Waals surface area (Å²) in [7, 11) is -4.87. The molecule has 1 amide bonds. The van der Waals surface area contributed by atoms with Gasteiger partial charge in [0.1, 0.15) is 28.0 Å². The van der Waals surface area contributed by atoms with Crippen LogP contribution in [0.5, 0.6) is 0 Å². The van der Waals surface area contributed by atoms with Gasteiger partial charge < -0.3 is 10.7 Å². The fourth-order valence-corrected chi connectivity index (χ4v) is 5.21. The Kier molecular flexibility index (Phi) is 6.59. The van der Waals surface area contributed by atoms with Crippen LogP contribution in [0.1, 0.15) is 26.3 Å². The summed E-state index contributed by atoms with van der Waals surface area (Å²) in [5.41, 5.74) is 4.61. The van der Waals surface area contributed by atoms with Gasteiger partial charge in [0.05, 0.1) is 11.3 Å². The average molecular weight is 569 g/mol. The smallest absolute Gasteiger partial charge is 0.265 e. The number of nitrogens with two attached hydrogens (primary N) is 1. The quantitative estimate of drug-likeness (QED) is 0.189. The molecule has 2 heterocycles. The van der Waals surface area contributed by atoms with Gasteiger partial charge in [0, 0.05) is 34.5 Å². The minimum absolute atomic E-state index is 0.179. The first kappa shape index (κ1) is 26.6. The number of halogens is 4. The summed E-state index contributed by atoms with van der Waals surface area (Å²) in [6.07, 6.45) is 2.64. The highest BCUT2D eigenvalue weighted by molar-refractivity contribution is 7.92. The van der Waals surface area contributed by atoms with E-state index in [0.717, 1.165) is 0 Å². The third kappa shape index (κ3) is 4.78. The van der Waals surface area contributed by atoms with Gasteiger partial charge in [0.2, 0.25) is 11.7 Å². The molecule has 0 atom stereocenters. The van der Waals surface area contributed by atoms with Gasteiger partial charge in [0.25, 0.3) is 10.0 Å². The zero-order chi connectivity index (χ0) is 28.8. The Morgan fingerprint density at radius 3 is 2.40 bits per heavy atom. The fourth-order valence-electron chi connectivity index (χ4n) is 4.06. The van der Waals surface area contributed by atoms with Crippen LogP contribution in [0.15, 0.2) is 78.0 Å². The zero-order valence-corrected chi connectivity index (χ0v) is 20.8.